The van der Waals surface area contributed by atoms with Gasteiger partial charge in [-0.2, -0.15) is 0 Å². The summed E-state index contributed by atoms with van der Waals surface area (Å²) in [6.07, 6.45) is 1.31. The highest BCUT2D eigenvalue weighted by Crippen LogP contribution is 2.32. The molecular formula is C23H19NO7. The monoisotopic (exact) mass is 421 g/mol. The maximum absolute atomic E-state index is 12.0. The van der Waals surface area contributed by atoms with E-state index in [9.17, 15) is 14.9 Å². The molecule has 0 spiro atoms. The van der Waals surface area contributed by atoms with Crippen LogP contribution in [0.15, 0.2) is 79.1 Å². The third-order valence-corrected chi connectivity index (χ3v) is 4.14. The molecule has 0 aromatic heterocycles. The predicted molar refractivity (Wildman–Crippen MR) is 113 cm³/mol. The molecule has 0 unspecified atom stereocenters. The number of rotatable bonds is 8. The largest absolute Gasteiger partial charge is 0.503 e. The summed E-state index contributed by atoms with van der Waals surface area (Å²) in [6, 6.07) is 19.6. The van der Waals surface area contributed by atoms with Crippen molar-refractivity contribution in [3.63, 3.8) is 0 Å². The predicted octanol–water partition coefficient (Wildman–Crippen LogP) is 5.34. The van der Waals surface area contributed by atoms with Crippen LogP contribution < -0.4 is 9.47 Å². The number of ether oxygens (including phenoxy) is 4. The Hall–Kier alpha value is -4.33. The van der Waals surface area contributed by atoms with Crippen molar-refractivity contribution < 1.29 is 28.7 Å². The van der Waals surface area contributed by atoms with Crippen LogP contribution in [0, 0.1) is 10.1 Å². The second-order valence-electron chi connectivity index (χ2n) is 6.19. The van der Waals surface area contributed by atoms with Crippen LogP contribution in [-0.2, 0) is 14.3 Å². The number of benzene rings is 3. The molecule has 0 saturated heterocycles. The van der Waals surface area contributed by atoms with Crippen molar-refractivity contribution in [2.45, 2.75) is 0 Å². The molecule has 0 aliphatic heterocycles. The normalized spacial score (nSPS) is 10.8. The van der Waals surface area contributed by atoms with E-state index in [-0.39, 0.29) is 17.0 Å². The minimum Gasteiger partial charge on any atom is -0.503 e. The van der Waals surface area contributed by atoms with Crippen molar-refractivity contribution in [2.75, 3.05) is 14.2 Å². The molecule has 0 N–H and O–H groups in total. The van der Waals surface area contributed by atoms with Gasteiger partial charge in [0, 0.05) is 6.07 Å². The lowest BCUT2D eigenvalue weighted by atomic mass is 10.1. The number of methoxy groups -OCH3 is 2. The number of nitro groups is 1. The summed E-state index contributed by atoms with van der Waals surface area (Å²) in [6.45, 7) is 0. The first-order valence-electron chi connectivity index (χ1n) is 9.12. The molecule has 3 aromatic rings. The summed E-state index contributed by atoms with van der Waals surface area (Å²) in [5.41, 5.74) is 0.705. The molecule has 0 heterocycles. The number of nitro benzene ring substituents is 1. The molecule has 8 nitrogen and oxygen atoms in total. The Balaban J connectivity index is 1.76. The van der Waals surface area contributed by atoms with Crippen LogP contribution in [0.25, 0.3) is 5.57 Å². The second-order valence-corrected chi connectivity index (χ2v) is 6.19. The number of hydrogen-bond donors (Lipinski definition) is 0. The highest BCUT2D eigenvalue weighted by atomic mass is 16.6. The quantitative estimate of drug-likeness (QED) is 0.159. The molecule has 3 rings (SSSR count). The maximum atomic E-state index is 12.0. The van der Waals surface area contributed by atoms with Crippen LogP contribution >= 0.6 is 0 Å². The minimum absolute atomic E-state index is 0.120. The van der Waals surface area contributed by atoms with Gasteiger partial charge in [0.25, 0.3) is 0 Å². The van der Waals surface area contributed by atoms with E-state index in [1.54, 1.807) is 60.7 Å². The number of carbonyl (C=O) groups excluding carboxylic acids is 1. The number of para-hydroxylation sites is 2. The van der Waals surface area contributed by atoms with Crippen LogP contribution in [0.1, 0.15) is 5.56 Å². The topological polar surface area (TPSA) is 97.1 Å². The molecule has 8 heteroatoms. The van der Waals surface area contributed by atoms with Crippen LogP contribution in [0.3, 0.4) is 0 Å². The third kappa shape index (κ3) is 5.39. The molecule has 0 amide bonds. The Morgan fingerprint density at radius 3 is 2.19 bits per heavy atom. The van der Waals surface area contributed by atoms with Crippen LogP contribution in [0.2, 0.25) is 0 Å². The van der Waals surface area contributed by atoms with E-state index in [1.165, 1.54) is 32.6 Å². The number of carbonyl (C=O) groups is 1. The fourth-order valence-corrected chi connectivity index (χ4v) is 2.72. The van der Waals surface area contributed by atoms with E-state index in [0.29, 0.717) is 22.8 Å². The summed E-state index contributed by atoms with van der Waals surface area (Å²) < 4.78 is 21.2. The van der Waals surface area contributed by atoms with Crippen molar-refractivity contribution >= 4 is 17.2 Å². The van der Waals surface area contributed by atoms with E-state index in [2.05, 4.69) is 0 Å². The maximum Gasteiger partial charge on any atom is 0.341 e. The summed E-state index contributed by atoms with van der Waals surface area (Å²) in [4.78, 5) is 22.6. The van der Waals surface area contributed by atoms with Crippen molar-refractivity contribution in [1.29, 1.82) is 0 Å². The number of esters is 1. The van der Waals surface area contributed by atoms with E-state index >= 15 is 0 Å². The Morgan fingerprint density at radius 2 is 1.55 bits per heavy atom. The standard InChI is InChI=1S/C23H19NO7/c1-28-15-20(23(25)29-2)16-6-5-7-19(14-16)30-17-10-12-18(13-11-17)31-22-9-4-3-8-21(22)24(26)27/h3-15H,1-2H3/b20-15+. The van der Waals surface area contributed by atoms with Crippen LogP contribution in [0.4, 0.5) is 5.69 Å². The summed E-state index contributed by atoms with van der Waals surface area (Å²) >= 11 is 0. The Bertz CT molecular complexity index is 1110. The first-order chi connectivity index (χ1) is 15.0. The first kappa shape index (κ1) is 21.4. The molecule has 3 aromatic carbocycles. The van der Waals surface area contributed by atoms with Gasteiger partial charge >= 0.3 is 11.7 Å². The van der Waals surface area contributed by atoms with Crippen LogP contribution in [-0.4, -0.2) is 25.1 Å². The molecule has 0 atom stereocenters. The van der Waals surface area contributed by atoms with Crippen molar-refractivity contribution in [1.82, 2.24) is 0 Å². The lowest BCUT2D eigenvalue weighted by molar-refractivity contribution is -0.385. The average Bonchev–Trinajstić information content (AvgIpc) is 2.78. The van der Waals surface area contributed by atoms with E-state index < -0.39 is 10.9 Å². The third-order valence-electron chi connectivity index (χ3n) is 4.14. The average molecular weight is 421 g/mol. The zero-order valence-corrected chi connectivity index (χ0v) is 16.8. The van der Waals surface area contributed by atoms with Gasteiger partial charge in [0.1, 0.15) is 22.8 Å². The summed E-state index contributed by atoms with van der Waals surface area (Å²) in [5, 5.41) is 11.1. The van der Waals surface area contributed by atoms with Gasteiger partial charge in [0.2, 0.25) is 5.75 Å². The number of hydrogen-bond acceptors (Lipinski definition) is 7. The first-order valence-corrected chi connectivity index (χ1v) is 9.12. The van der Waals surface area contributed by atoms with Crippen molar-refractivity contribution in [3.05, 3.63) is 94.7 Å². The van der Waals surface area contributed by atoms with E-state index in [1.807, 2.05) is 0 Å². The molecule has 0 aliphatic rings. The molecule has 31 heavy (non-hydrogen) atoms. The van der Waals surface area contributed by atoms with Gasteiger partial charge in [-0.25, -0.2) is 4.79 Å². The molecule has 0 fully saturated rings. The highest BCUT2D eigenvalue weighted by molar-refractivity contribution is 6.16. The Morgan fingerprint density at radius 1 is 0.871 bits per heavy atom. The lowest BCUT2D eigenvalue weighted by Crippen LogP contribution is -2.04. The molecule has 0 saturated carbocycles. The van der Waals surface area contributed by atoms with E-state index in [0.717, 1.165) is 0 Å². The highest BCUT2D eigenvalue weighted by Gasteiger charge is 2.15. The van der Waals surface area contributed by atoms with Crippen LogP contribution in [0.5, 0.6) is 23.0 Å². The Kier molecular flexibility index (Phi) is 6.85. The molecule has 158 valence electrons. The SMILES string of the molecule is CO/C=C(/C(=O)OC)c1cccc(Oc2ccc(Oc3ccccc3[N+](=O)[O-])cc2)c1. The Labute approximate surface area is 178 Å². The molecule has 0 bridgehead atoms. The van der Waals surface area contributed by atoms with Gasteiger partial charge in [-0.3, -0.25) is 10.1 Å². The molecule has 0 radical (unpaired) electrons. The zero-order valence-electron chi connectivity index (χ0n) is 16.8. The minimum atomic E-state index is -0.532. The van der Waals surface area contributed by atoms with Gasteiger partial charge in [0.05, 0.1) is 25.4 Å². The van der Waals surface area contributed by atoms with Crippen molar-refractivity contribution in [2.24, 2.45) is 0 Å². The van der Waals surface area contributed by atoms with Crippen molar-refractivity contribution in [3.8, 4) is 23.0 Å². The smallest absolute Gasteiger partial charge is 0.341 e. The van der Waals surface area contributed by atoms with E-state index in [4.69, 9.17) is 18.9 Å². The fourth-order valence-electron chi connectivity index (χ4n) is 2.72. The van der Waals surface area contributed by atoms with Gasteiger partial charge in [-0.15, -0.1) is 0 Å². The van der Waals surface area contributed by atoms with Gasteiger partial charge in [-0.05, 0) is 48.0 Å². The molecular weight excluding hydrogens is 402 g/mol. The summed E-state index contributed by atoms with van der Waals surface area (Å²) in [5.74, 6) is 1.05. The van der Waals surface area contributed by atoms with Gasteiger partial charge in [0.15, 0.2) is 0 Å². The number of nitrogens with zero attached hydrogens (tertiary/aromatic N) is 1. The summed E-state index contributed by atoms with van der Waals surface area (Å²) in [7, 11) is 2.73. The lowest BCUT2D eigenvalue weighted by Gasteiger charge is -2.10. The molecule has 0 aliphatic carbocycles. The second kappa shape index (κ2) is 9.93. The van der Waals surface area contributed by atoms with Gasteiger partial charge < -0.3 is 18.9 Å². The zero-order chi connectivity index (χ0) is 22.2. The van der Waals surface area contributed by atoms with Gasteiger partial charge in [-0.1, -0.05) is 24.3 Å². The fraction of sp³-hybridized carbons (Fsp3) is 0.0870.